The maximum absolute atomic E-state index is 12.3. The van der Waals surface area contributed by atoms with E-state index in [-0.39, 0.29) is 17.3 Å². The molecule has 1 aliphatic carbocycles. The van der Waals surface area contributed by atoms with Gasteiger partial charge in [-0.15, -0.1) is 0 Å². The minimum Gasteiger partial charge on any atom is -0.450 e. The Labute approximate surface area is 170 Å². The quantitative estimate of drug-likeness (QED) is 0.702. The van der Waals surface area contributed by atoms with E-state index in [4.69, 9.17) is 16.3 Å². The first kappa shape index (κ1) is 21.7. The van der Waals surface area contributed by atoms with Gasteiger partial charge in [0.1, 0.15) is 0 Å². The summed E-state index contributed by atoms with van der Waals surface area (Å²) >= 11 is 6.19. The summed E-state index contributed by atoms with van der Waals surface area (Å²) in [5.41, 5.74) is 4.05. The maximum Gasteiger partial charge on any atom is 0.411 e. The van der Waals surface area contributed by atoms with Gasteiger partial charge in [0.05, 0.1) is 28.7 Å². The summed E-state index contributed by atoms with van der Waals surface area (Å²) in [7, 11) is 0. The lowest BCUT2D eigenvalue weighted by atomic mass is 10.0. The van der Waals surface area contributed by atoms with Crippen molar-refractivity contribution < 1.29 is 14.3 Å². The molecule has 1 aromatic rings. The molecule has 0 fully saturated rings. The SMILES string of the molecule is CCOC(=O)NC1=CC(=Nc2ccc(N(CC)CC)cc2C)C(C)=C(Cl)C1=O. The van der Waals surface area contributed by atoms with Gasteiger partial charge in [-0.2, -0.15) is 0 Å². The molecule has 28 heavy (non-hydrogen) atoms. The summed E-state index contributed by atoms with van der Waals surface area (Å²) in [5.74, 6) is -0.459. The molecule has 0 radical (unpaired) electrons. The molecular weight excluding hydrogens is 378 g/mol. The number of benzene rings is 1. The molecule has 0 aliphatic heterocycles. The molecule has 0 heterocycles. The van der Waals surface area contributed by atoms with Gasteiger partial charge in [0.2, 0.25) is 5.78 Å². The van der Waals surface area contributed by atoms with Gasteiger partial charge < -0.3 is 9.64 Å². The van der Waals surface area contributed by atoms with Gasteiger partial charge in [0.15, 0.2) is 0 Å². The fourth-order valence-electron chi connectivity index (χ4n) is 2.88. The number of alkyl carbamates (subject to hydrolysis) is 1. The number of anilines is 1. The minimum atomic E-state index is -0.703. The first-order valence-electron chi connectivity index (χ1n) is 9.33. The molecule has 2 rings (SSSR count). The monoisotopic (exact) mass is 403 g/mol. The number of Topliss-reactive ketones (excluding diaryl/α,β-unsaturated/α-hetero) is 1. The summed E-state index contributed by atoms with van der Waals surface area (Å²) in [4.78, 5) is 31.0. The molecule has 0 spiro atoms. The van der Waals surface area contributed by atoms with Crippen molar-refractivity contribution >= 4 is 40.6 Å². The van der Waals surface area contributed by atoms with E-state index in [0.717, 1.165) is 30.0 Å². The van der Waals surface area contributed by atoms with Crippen molar-refractivity contribution in [3.63, 3.8) is 0 Å². The lowest BCUT2D eigenvalue weighted by molar-refractivity contribution is -0.112. The van der Waals surface area contributed by atoms with Crippen molar-refractivity contribution in [1.29, 1.82) is 0 Å². The third-order valence-electron chi connectivity index (χ3n) is 4.50. The van der Waals surface area contributed by atoms with E-state index in [1.807, 2.05) is 19.1 Å². The molecule has 6 nitrogen and oxygen atoms in total. The Morgan fingerprint density at radius 1 is 1.21 bits per heavy atom. The van der Waals surface area contributed by atoms with Crippen molar-refractivity contribution in [2.24, 2.45) is 4.99 Å². The van der Waals surface area contributed by atoms with Crippen molar-refractivity contribution in [3.05, 3.63) is 46.1 Å². The van der Waals surface area contributed by atoms with Crippen molar-refractivity contribution in [2.75, 3.05) is 24.6 Å². The number of rotatable bonds is 6. The molecule has 150 valence electrons. The van der Waals surface area contributed by atoms with Crippen LogP contribution in [0.2, 0.25) is 0 Å². The van der Waals surface area contributed by atoms with Crippen molar-refractivity contribution in [1.82, 2.24) is 5.32 Å². The molecule has 0 atom stereocenters. The van der Waals surface area contributed by atoms with Crippen LogP contribution in [0.25, 0.3) is 0 Å². The fourth-order valence-corrected chi connectivity index (χ4v) is 3.08. The van der Waals surface area contributed by atoms with Crippen LogP contribution in [0.1, 0.15) is 33.3 Å². The number of halogens is 1. The highest BCUT2D eigenvalue weighted by Crippen LogP contribution is 2.28. The number of ketones is 1. The Balaban J connectivity index is 2.40. The van der Waals surface area contributed by atoms with Crippen LogP contribution in [0, 0.1) is 6.92 Å². The fraction of sp³-hybridized carbons (Fsp3) is 0.381. The first-order valence-corrected chi connectivity index (χ1v) is 9.71. The Bertz CT molecular complexity index is 868. The summed E-state index contributed by atoms with van der Waals surface area (Å²) in [6, 6.07) is 6.05. The second kappa shape index (κ2) is 9.55. The second-order valence-electron chi connectivity index (χ2n) is 6.31. The van der Waals surface area contributed by atoms with Crippen LogP contribution in [-0.2, 0) is 9.53 Å². The highest BCUT2D eigenvalue weighted by atomic mass is 35.5. The van der Waals surface area contributed by atoms with E-state index in [1.165, 1.54) is 6.08 Å². The molecule has 7 heteroatoms. The van der Waals surface area contributed by atoms with E-state index in [0.29, 0.717) is 11.3 Å². The number of carbonyl (C=O) groups excluding carboxylic acids is 2. The predicted octanol–water partition coefficient (Wildman–Crippen LogP) is 4.64. The molecule has 0 aromatic heterocycles. The Morgan fingerprint density at radius 3 is 2.46 bits per heavy atom. The second-order valence-corrected chi connectivity index (χ2v) is 6.69. The lowest BCUT2D eigenvalue weighted by Crippen LogP contribution is -2.31. The standard InChI is InChI=1S/C21H26ClN3O3/c1-6-25(7-2)15-9-10-16(13(4)11-15)23-17-12-18(24-21(27)28-8-3)20(26)19(22)14(17)5/h9-12H,6-8H2,1-5H3,(H,24,27). The Kier molecular flexibility index (Phi) is 7.40. The van der Waals surface area contributed by atoms with Gasteiger partial charge in [0.25, 0.3) is 0 Å². The van der Waals surface area contributed by atoms with Crippen LogP contribution in [0.3, 0.4) is 0 Å². The number of amides is 1. The number of nitrogens with one attached hydrogen (secondary N) is 1. The lowest BCUT2D eigenvalue weighted by Gasteiger charge is -2.22. The highest BCUT2D eigenvalue weighted by molar-refractivity contribution is 6.49. The summed E-state index contributed by atoms with van der Waals surface area (Å²) in [5, 5.41) is 2.47. The molecule has 0 saturated heterocycles. The molecule has 0 unspecified atom stereocenters. The molecule has 1 N–H and O–H groups in total. The van der Waals surface area contributed by atoms with Crippen LogP contribution >= 0.6 is 11.6 Å². The van der Waals surface area contributed by atoms with Crippen LogP contribution in [0.4, 0.5) is 16.2 Å². The number of hydrogen-bond acceptors (Lipinski definition) is 5. The molecule has 1 amide bonds. The zero-order chi connectivity index (χ0) is 20.8. The van der Waals surface area contributed by atoms with E-state index < -0.39 is 11.9 Å². The van der Waals surface area contributed by atoms with Gasteiger partial charge in [0, 0.05) is 18.8 Å². The highest BCUT2D eigenvalue weighted by Gasteiger charge is 2.25. The van der Waals surface area contributed by atoms with Crippen LogP contribution < -0.4 is 10.2 Å². The van der Waals surface area contributed by atoms with Gasteiger partial charge >= 0.3 is 6.09 Å². The average Bonchev–Trinajstić information content (AvgIpc) is 2.66. The summed E-state index contributed by atoms with van der Waals surface area (Å²) < 4.78 is 4.84. The Hall–Kier alpha value is -2.60. The van der Waals surface area contributed by atoms with Crippen molar-refractivity contribution in [3.8, 4) is 0 Å². The third kappa shape index (κ3) is 4.81. The van der Waals surface area contributed by atoms with Gasteiger partial charge in [-0.25, -0.2) is 9.79 Å². The normalized spacial score (nSPS) is 15.6. The number of nitrogens with zero attached hydrogens (tertiary/aromatic N) is 2. The number of hydrogen-bond donors (Lipinski definition) is 1. The average molecular weight is 404 g/mol. The predicted molar refractivity (Wildman–Crippen MR) is 114 cm³/mol. The number of aliphatic imine (C=N–C) groups is 1. The van der Waals surface area contributed by atoms with E-state index in [1.54, 1.807) is 13.8 Å². The maximum atomic E-state index is 12.3. The van der Waals surface area contributed by atoms with Gasteiger partial charge in [-0.3, -0.25) is 10.1 Å². The largest absolute Gasteiger partial charge is 0.450 e. The van der Waals surface area contributed by atoms with Crippen LogP contribution in [0.5, 0.6) is 0 Å². The first-order chi connectivity index (χ1) is 13.3. The zero-order valence-electron chi connectivity index (χ0n) is 16.9. The molecule has 1 aromatic carbocycles. The summed E-state index contributed by atoms with van der Waals surface area (Å²) in [6.45, 7) is 11.7. The smallest absolute Gasteiger partial charge is 0.411 e. The molecule has 0 bridgehead atoms. The molecular formula is C21H26ClN3O3. The molecule has 1 aliphatic rings. The van der Waals surface area contributed by atoms with Crippen molar-refractivity contribution in [2.45, 2.75) is 34.6 Å². The van der Waals surface area contributed by atoms with E-state index in [9.17, 15) is 9.59 Å². The van der Waals surface area contributed by atoms with E-state index in [2.05, 4.69) is 35.1 Å². The molecule has 0 saturated carbocycles. The number of aryl methyl sites for hydroxylation is 1. The van der Waals surface area contributed by atoms with Gasteiger partial charge in [-0.05, 0) is 70.0 Å². The topological polar surface area (TPSA) is 71.0 Å². The van der Waals surface area contributed by atoms with Crippen LogP contribution in [0.15, 0.2) is 45.6 Å². The third-order valence-corrected chi connectivity index (χ3v) is 4.96. The Morgan fingerprint density at radius 2 is 1.89 bits per heavy atom. The summed E-state index contributed by atoms with van der Waals surface area (Å²) in [6.07, 6.45) is 0.823. The van der Waals surface area contributed by atoms with E-state index >= 15 is 0 Å². The van der Waals surface area contributed by atoms with Crippen LogP contribution in [-0.4, -0.2) is 37.3 Å². The van der Waals surface area contributed by atoms with Gasteiger partial charge in [-0.1, -0.05) is 11.6 Å². The minimum absolute atomic E-state index is 0.0328. The zero-order valence-corrected chi connectivity index (χ0v) is 17.7. The number of ether oxygens (including phenoxy) is 1. The number of carbonyl (C=O) groups is 2. The number of allylic oxidation sites excluding steroid dienone is 3.